The average molecular weight is 290 g/mol. The van der Waals surface area contributed by atoms with Gasteiger partial charge in [0.25, 0.3) is 5.91 Å². The van der Waals surface area contributed by atoms with Gasteiger partial charge in [-0.15, -0.1) is 11.3 Å². The summed E-state index contributed by atoms with van der Waals surface area (Å²) in [4.78, 5) is 13.1. The molecule has 1 amide bonds. The third-order valence-electron chi connectivity index (χ3n) is 2.72. The van der Waals surface area contributed by atoms with Crippen molar-refractivity contribution in [3.63, 3.8) is 0 Å². The molecule has 0 unspecified atom stereocenters. The predicted octanol–water partition coefficient (Wildman–Crippen LogP) is 2.28. The SMILES string of the molecule is CNCCNC(=O)c1cccc(OCc2cccs2)c1. The van der Waals surface area contributed by atoms with Gasteiger partial charge < -0.3 is 15.4 Å². The summed E-state index contributed by atoms with van der Waals surface area (Å²) in [5.41, 5.74) is 0.616. The molecule has 0 aliphatic heterocycles. The Labute approximate surface area is 122 Å². The van der Waals surface area contributed by atoms with E-state index in [-0.39, 0.29) is 5.91 Å². The number of carbonyl (C=O) groups is 1. The number of hydrogen-bond donors (Lipinski definition) is 2. The quantitative estimate of drug-likeness (QED) is 0.769. The van der Waals surface area contributed by atoms with Crippen LogP contribution in [0.2, 0.25) is 0 Å². The number of hydrogen-bond acceptors (Lipinski definition) is 4. The maximum absolute atomic E-state index is 11.9. The third-order valence-corrected chi connectivity index (χ3v) is 3.57. The van der Waals surface area contributed by atoms with Gasteiger partial charge in [-0.05, 0) is 36.7 Å². The maximum Gasteiger partial charge on any atom is 0.251 e. The Bertz CT molecular complexity index is 541. The predicted molar refractivity (Wildman–Crippen MR) is 81.4 cm³/mol. The van der Waals surface area contributed by atoms with Gasteiger partial charge in [0, 0.05) is 23.5 Å². The van der Waals surface area contributed by atoms with Crippen molar-refractivity contribution in [1.29, 1.82) is 0 Å². The summed E-state index contributed by atoms with van der Waals surface area (Å²) in [5, 5.41) is 7.84. The van der Waals surface area contributed by atoms with Crippen molar-refractivity contribution < 1.29 is 9.53 Å². The van der Waals surface area contributed by atoms with Crippen LogP contribution in [0.5, 0.6) is 5.75 Å². The Morgan fingerprint density at radius 2 is 2.15 bits per heavy atom. The Hall–Kier alpha value is -1.85. The molecular weight excluding hydrogens is 272 g/mol. The number of nitrogens with one attached hydrogen (secondary N) is 2. The largest absolute Gasteiger partial charge is 0.488 e. The Kier molecular flexibility index (Phi) is 5.58. The van der Waals surface area contributed by atoms with Gasteiger partial charge in [-0.2, -0.15) is 0 Å². The molecule has 2 N–H and O–H groups in total. The van der Waals surface area contributed by atoms with E-state index in [4.69, 9.17) is 4.74 Å². The minimum Gasteiger partial charge on any atom is -0.488 e. The van der Waals surface area contributed by atoms with Crippen LogP contribution < -0.4 is 15.4 Å². The van der Waals surface area contributed by atoms with E-state index in [0.29, 0.717) is 24.5 Å². The van der Waals surface area contributed by atoms with Crippen molar-refractivity contribution in [3.05, 3.63) is 52.2 Å². The normalized spacial score (nSPS) is 10.2. The van der Waals surface area contributed by atoms with Crippen LogP contribution in [-0.4, -0.2) is 26.0 Å². The fourth-order valence-corrected chi connectivity index (χ4v) is 2.30. The standard InChI is InChI=1S/C15H18N2O2S/c1-16-7-8-17-15(18)12-4-2-5-13(10-12)19-11-14-6-3-9-20-14/h2-6,9-10,16H,7-8,11H2,1H3,(H,17,18). The molecule has 0 atom stereocenters. The lowest BCUT2D eigenvalue weighted by Gasteiger charge is -2.08. The summed E-state index contributed by atoms with van der Waals surface area (Å²) >= 11 is 1.66. The molecule has 0 radical (unpaired) electrons. The molecule has 0 saturated carbocycles. The number of likely N-dealkylation sites (N-methyl/N-ethyl adjacent to an activating group) is 1. The Balaban J connectivity index is 1.91. The monoisotopic (exact) mass is 290 g/mol. The lowest BCUT2D eigenvalue weighted by Crippen LogP contribution is -2.30. The first-order valence-corrected chi connectivity index (χ1v) is 7.35. The molecule has 0 spiro atoms. The van der Waals surface area contributed by atoms with E-state index in [0.717, 1.165) is 11.4 Å². The topological polar surface area (TPSA) is 50.4 Å². The molecule has 2 rings (SSSR count). The maximum atomic E-state index is 11.9. The van der Waals surface area contributed by atoms with Crippen molar-refractivity contribution in [3.8, 4) is 5.75 Å². The molecule has 5 heteroatoms. The second kappa shape index (κ2) is 7.67. The summed E-state index contributed by atoms with van der Waals surface area (Å²) in [6, 6.07) is 11.3. The van der Waals surface area contributed by atoms with Gasteiger partial charge in [0.1, 0.15) is 12.4 Å². The van der Waals surface area contributed by atoms with E-state index in [1.807, 2.05) is 36.7 Å². The van der Waals surface area contributed by atoms with E-state index in [9.17, 15) is 4.79 Å². The van der Waals surface area contributed by atoms with Crippen molar-refractivity contribution in [2.24, 2.45) is 0 Å². The third kappa shape index (κ3) is 4.36. The van der Waals surface area contributed by atoms with E-state index in [1.54, 1.807) is 23.5 Å². The zero-order valence-electron chi connectivity index (χ0n) is 11.4. The summed E-state index contributed by atoms with van der Waals surface area (Å²) in [6.45, 7) is 1.89. The second-order valence-corrected chi connectivity index (χ2v) is 5.29. The molecule has 0 bridgehead atoms. The van der Waals surface area contributed by atoms with Gasteiger partial charge in [-0.25, -0.2) is 0 Å². The lowest BCUT2D eigenvalue weighted by atomic mass is 10.2. The summed E-state index contributed by atoms with van der Waals surface area (Å²) < 4.78 is 5.68. The van der Waals surface area contributed by atoms with Crippen LogP contribution in [0.25, 0.3) is 0 Å². The van der Waals surface area contributed by atoms with Gasteiger partial charge in [-0.1, -0.05) is 12.1 Å². The molecule has 0 aliphatic rings. The fourth-order valence-electron chi connectivity index (χ4n) is 1.68. The Morgan fingerprint density at radius 1 is 1.25 bits per heavy atom. The first kappa shape index (κ1) is 14.6. The van der Waals surface area contributed by atoms with Gasteiger partial charge in [-0.3, -0.25) is 4.79 Å². The average Bonchev–Trinajstić information content (AvgIpc) is 2.99. The van der Waals surface area contributed by atoms with E-state index < -0.39 is 0 Å². The summed E-state index contributed by atoms with van der Waals surface area (Å²) in [5.74, 6) is 0.626. The number of rotatable bonds is 7. The molecule has 20 heavy (non-hydrogen) atoms. The Morgan fingerprint density at radius 3 is 2.90 bits per heavy atom. The fraction of sp³-hybridized carbons (Fsp3) is 0.267. The zero-order chi connectivity index (χ0) is 14.2. The zero-order valence-corrected chi connectivity index (χ0v) is 12.2. The number of ether oxygens (including phenoxy) is 1. The number of carbonyl (C=O) groups excluding carboxylic acids is 1. The van der Waals surface area contributed by atoms with Crippen LogP contribution in [-0.2, 0) is 6.61 Å². The first-order valence-electron chi connectivity index (χ1n) is 6.47. The van der Waals surface area contributed by atoms with Crippen molar-refractivity contribution >= 4 is 17.2 Å². The van der Waals surface area contributed by atoms with Crippen LogP contribution in [0.15, 0.2) is 41.8 Å². The molecule has 1 heterocycles. The van der Waals surface area contributed by atoms with Gasteiger partial charge in [0.2, 0.25) is 0 Å². The smallest absolute Gasteiger partial charge is 0.251 e. The van der Waals surface area contributed by atoms with Gasteiger partial charge >= 0.3 is 0 Å². The summed E-state index contributed by atoms with van der Waals surface area (Å²) in [7, 11) is 1.85. The number of thiophene rings is 1. The molecule has 1 aromatic carbocycles. The molecular formula is C15H18N2O2S. The van der Waals surface area contributed by atoms with Crippen molar-refractivity contribution in [2.45, 2.75) is 6.61 Å². The first-order chi connectivity index (χ1) is 9.79. The summed E-state index contributed by atoms with van der Waals surface area (Å²) in [6.07, 6.45) is 0. The highest BCUT2D eigenvalue weighted by molar-refractivity contribution is 7.09. The van der Waals surface area contributed by atoms with Gasteiger partial charge in [0.05, 0.1) is 0 Å². The number of amides is 1. The molecule has 1 aromatic heterocycles. The lowest BCUT2D eigenvalue weighted by molar-refractivity contribution is 0.0953. The second-order valence-electron chi connectivity index (χ2n) is 4.26. The van der Waals surface area contributed by atoms with E-state index >= 15 is 0 Å². The molecule has 0 saturated heterocycles. The van der Waals surface area contributed by atoms with Crippen LogP contribution in [0, 0.1) is 0 Å². The molecule has 4 nitrogen and oxygen atoms in total. The minimum atomic E-state index is -0.0816. The van der Waals surface area contributed by atoms with Crippen LogP contribution in [0.4, 0.5) is 0 Å². The van der Waals surface area contributed by atoms with Crippen molar-refractivity contribution in [1.82, 2.24) is 10.6 Å². The van der Waals surface area contributed by atoms with Crippen LogP contribution >= 0.6 is 11.3 Å². The molecule has 0 fully saturated rings. The molecule has 2 aromatic rings. The van der Waals surface area contributed by atoms with E-state index in [2.05, 4.69) is 10.6 Å². The molecule has 0 aliphatic carbocycles. The van der Waals surface area contributed by atoms with Crippen LogP contribution in [0.1, 0.15) is 15.2 Å². The van der Waals surface area contributed by atoms with Crippen molar-refractivity contribution in [2.75, 3.05) is 20.1 Å². The highest BCUT2D eigenvalue weighted by atomic mass is 32.1. The highest BCUT2D eigenvalue weighted by Crippen LogP contribution is 2.17. The van der Waals surface area contributed by atoms with E-state index in [1.165, 1.54) is 0 Å². The van der Waals surface area contributed by atoms with Gasteiger partial charge in [0.15, 0.2) is 0 Å². The number of benzene rings is 1. The van der Waals surface area contributed by atoms with Crippen LogP contribution in [0.3, 0.4) is 0 Å². The minimum absolute atomic E-state index is 0.0816. The highest BCUT2D eigenvalue weighted by Gasteiger charge is 2.06. The molecule has 106 valence electrons.